The average molecular weight is 191 g/mol. The van der Waals surface area contributed by atoms with Crippen LogP contribution in [0.1, 0.15) is 17.5 Å². The van der Waals surface area contributed by atoms with Gasteiger partial charge in [-0.15, -0.1) is 11.8 Å². The van der Waals surface area contributed by atoms with Gasteiger partial charge >= 0.3 is 0 Å². The third-order valence-corrected chi connectivity index (χ3v) is 3.37. The van der Waals surface area contributed by atoms with E-state index in [1.54, 1.807) is 0 Å². The van der Waals surface area contributed by atoms with E-state index >= 15 is 0 Å². The summed E-state index contributed by atoms with van der Waals surface area (Å²) in [6, 6.07) is 6.38. The van der Waals surface area contributed by atoms with Crippen LogP contribution < -0.4 is 0 Å². The molecule has 2 rings (SSSR count). The normalized spacial score (nSPS) is 18.8. The monoisotopic (exact) mass is 191 g/mol. The lowest BCUT2D eigenvalue weighted by atomic mass is 10.1. The molecule has 68 valence electrons. The highest BCUT2D eigenvalue weighted by Crippen LogP contribution is 2.26. The zero-order chi connectivity index (χ0) is 9.26. The zero-order valence-electron chi connectivity index (χ0n) is 8.00. The Kier molecular flexibility index (Phi) is 2.40. The smallest absolute Gasteiger partial charge is 0.0747 e. The molecular formula is C11H13NS. The highest BCUT2D eigenvalue weighted by molar-refractivity contribution is 8.15. The van der Waals surface area contributed by atoms with Gasteiger partial charge in [0.25, 0.3) is 0 Å². The second-order valence-corrected chi connectivity index (χ2v) is 4.54. The second kappa shape index (κ2) is 3.54. The number of rotatable bonds is 1. The Morgan fingerprint density at radius 2 is 2.00 bits per heavy atom. The highest BCUT2D eigenvalue weighted by Gasteiger charge is 2.10. The first-order valence-corrected chi connectivity index (χ1v) is 5.52. The number of aryl methyl sites for hydroxylation is 2. The van der Waals surface area contributed by atoms with Gasteiger partial charge in [-0.25, -0.2) is 4.99 Å². The summed E-state index contributed by atoms with van der Waals surface area (Å²) in [5, 5.41) is 1.28. The predicted molar refractivity (Wildman–Crippen MR) is 60.1 cm³/mol. The summed E-state index contributed by atoms with van der Waals surface area (Å²) in [7, 11) is 0. The minimum absolute atomic E-state index is 1.10. The second-order valence-electron chi connectivity index (χ2n) is 3.37. The van der Waals surface area contributed by atoms with Crippen molar-refractivity contribution in [1.29, 1.82) is 0 Å². The molecule has 1 saturated heterocycles. The molecule has 0 N–H and O–H groups in total. The van der Waals surface area contributed by atoms with Gasteiger partial charge in [-0.2, -0.15) is 0 Å². The van der Waals surface area contributed by atoms with Crippen molar-refractivity contribution in [3.63, 3.8) is 0 Å². The van der Waals surface area contributed by atoms with Gasteiger partial charge in [-0.1, -0.05) is 6.07 Å². The van der Waals surface area contributed by atoms with Gasteiger partial charge in [0.1, 0.15) is 0 Å². The van der Waals surface area contributed by atoms with Crippen LogP contribution in [0, 0.1) is 13.8 Å². The Morgan fingerprint density at radius 3 is 2.54 bits per heavy atom. The van der Waals surface area contributed by atoms with Gasteiger partial charge in [0.05, 0.1) is 10.7 Å². The molecule has 13 heavy (non-hydrogen) atoms. The van der Waals surface area contributed by atoms with Gasteiger partial charge in [0.2, 0.25) is 0 Å². The number of hydrogen-bond donors (Lipinski definition) is 0. The third-order valence-electron chi connectivity index (χ3n) is 2.33. The molecule has 0 unspecified atom stereocenters. The van der Waals surface area contributed by atoms with E-state index < -0.39 is 0 Å². The highest BCUT2D eigenvalue weighted by atomic mass is 32.2. The summed E-state index contributed by atoms with van der Waals surface area (Å²) in [5.41, 5.74) is 3.77. The van der Waals surface area contributed by atoms with Crippen molar-refractivity contribution >= 4 is 22.5 Å². The van der Waals surface area contributed by atoms with E-state index in [2.05, 4.69) is 37.0 Å². The van der Waals surface area contributed by atoms with E-state index in [-0.39, 0.29) is 0 Å². The summed E-state index contributed by atoms with van der Waals surface area (Å²) in [4.78, 5) is 4.55. The van der Waals surface area contributed by atoms with Crippen molar-refractivity contribution in [2.45, 2.75) is 20.3 Å². The Morgan fingerprint density at radius 1 is 1.23 bits per heavy atom. The summed E-state index contributed by atoms with van der Waals surface area (Å²) < 4.78 is 0. The van der Waals surface area contributed by atoms with Gasteiger partial charge in [-0.3, -0.25) is 0 Å². The van der Waals surface area contributed by atoms with Crippen molar-refractivity contribution in [1.82, 2.24) is 0 Å². The summed E-state index contributed by atoms with van der Waals surface area (Å²) >= 11 is 1.86. The largest absolute Gasteiger partial charge is 0.247 e. The van der Waals surface area contributed by atoms with Crippen molar-refractivity contribution in [2.75, 3.05) is 5.75 Å². The minimum Gasteiger partial charge on any atom is -0.247 e. The molecule has 1 aliphatic heterocycles. The lowest BCUT2D eigenvalue weighted by molar-refractivity contribution is 1.27. The van der Waals surface area contributed by atoms with Crippen molar-refractivity contribution in [2.24, 2.45) is 4.99 Å². The summed E-state index contributed by atoms with van der Waals surface area (Å²) in [6.45, 7) is 4.26. The Balaban J connectivity index is 2.26. The van der Waals surface area contributed by atoms with Gasteiger partial charge in [-0.05, 0) is 37.1 Å². The van der Waals surface area contributed by atoms with E-state index in [9.17, 15) is 0 Å². The molecule has 0 atom stereocenters. The fraction of sp³-hybridized carbons (Fsp3) is 0.364. The van der Waals surface area contributed by atoms with Crippen LogP contribution in [0.25, 0.3) is 0 Å². The SMILES string of the molecule is Cc1ccc(N=C2CCS2)cc1C. The number of thioether (sulfide) groups is 1. The van der Waals surface area contributed by atoms with Crippen LogP contribution in [0.2, 0.25) is 0 Å². The van der Waals surface area contributed by atoms with E-state index in [1.807, 2.05) is 11.8 Å². The molecule has 1 nitrogen and oxygen atoms in total. The average Bonchev–Trinajstić information content (AvgIpc) is 2.04. The molecule has 0 saturated carbocycles. The number of aliphatic imine (C=N–C) groups is 1. The Labute approximate surface area is 83.3 Å². The van der Waals surface area contributed by atoms with Crippen molar-refractivity contribution < 1.29 is 0 Å². The van der Waals surface area contributed by atoms with E-state index in [4.69, 9.17) is 0 Å². The Hall–Kier alpha value is -0.760. The van der Waals surface area contributed by atoms with E-state index in [0.29, 0.717) is 0 Å². The maximum absolute atomic E-state index is 4.55. The van der Waals surface area contributed by atoms with Crippen LogP contribution >= 0.6 is 11.8 Å². The fourth-order valence-corrected chi connectivity index (χ4v) is 1.78. The third kappa shape index (κ3) is 1.94. The molecule has 0 spiro atoms. The predicted octanol–water partition coefficient (Wildman–Crippen LogP) is 3.47. The van der Waals surface area contributed by atoms with E-state index in [0.717, 1.165) is 12.1 Å². The molecule has 2 heteroatoms. The molecule has 0 aliphatic carbocycles. The number of hydrogen-bond acceptors (Lipinski definition) is 2. The molecule has 1 aliphatic rings. The molecule has 0 amide bonds. The van der Waals surface area contributed by atoms with Crippen molar-refractivity contribution in [3.8, 4) is 0 Å². The lowest BCUT2D eigenvalue weighted by Crippen LogP contribution is -2.06. The van der Waals surface area contributed by atoms with Crippen LogP contribution in [-0.4, -0.2) is 10.8 Å². The molecule has 1 aromatic rings. The first kappa shape index (κ1) is 8.82. The molecule has 1 fully saturated rings. The fourth-order valence-electron chi connectivity index (χ4n) is 1.22. The van der Waals surface area contributed by atoms with Crippen molar-refractivity contribution in [3.05, 3.63) is 29.3 Å². The van der Waals surface area contributed by atoms with Gasteiger partial charge in [0, 0.05) is 12.2 Å². The summed E-state index contributed by atoms with van der Waals surface area (Å²) in [5.74, 6) is 1.24. The first-order chi connectivity index (χ1) is 6.25. The summed E-state index contributed by atoms with van der Waals surface area (Å²) in [6.07, 6.45) is 1.16. The first-order valence-electron chi connectivity index (χ1n) is 4.53. The molecule has 0 radical (unpaired) electrons. The van der Waals surface area contributed by atoms with Crippen LogP contribution in [0.5, 0.6) is 0 Å². The number of nitrogens with zero attached hydrogens (tertiary/aromatic N) is 1. The van der Waals surface area contributed by atoms with Gasteiger partial charge in [0.15, 0.2) is 0 Å². The van der Waals surface area contributed by atoms with Crippen LogP contribution in [0.15, 0.2) is 23.2 Å². The maximum atomic E-state index is 4.55. The topological polar surface area (TPSA) is 12.4 Å². The molecular weight excluding hydrogens is 178 g/mol. The van der Waals surface area contributed by atoms with Crippen LogP contribution in [0.4, 0.5) is 5.69 Å². The standard InChI is InChI=1S/C11H13NS/c1-8-3-4-10(7-9(8)2)12-11-5-6-13-11/h3-4,7H,5-6H2,1-2H3. The molecule has 0 aromatic heterocycles. The molecule has 0 bridgehead atoms. The molecule has 1 aromatic carbocycles. The minimum atomic E-state index is 1.10. The lowest BCUT2D eigenvalue weighted by Gasteiger charge is -2.13. The quantitative estimate of drug-likeness (QED) is 0.662. The number of benzene rings is 1. The van der Waals surface area contributed by atoms with Crippen LogP contribution in [-0.2, 0) is 0 Å². The maximum Gasteiger partial charge on any atom is 0.0747 e. The van der Waals surface area contributed by atoms with Crippen LogP contribution in [0.3, 0.4) is 0 Å². The van der Waals surface area contributed by atoms with E-state index in [1.165, 1.54) is 21.9 Å². The Bertz CT molecular complexity index is 349. The zero-order valence-corrected chi connectivity index (χ0v) is 8.82. The molecule has 1 heterocycles. The van der Waals surface area contributed by atoms with Gasteiger partial charge < -0.3 is 0 Å².